The molecule has 3 heterocycles. The molecule has 5 aromatic rings. The Morgan fingerprint density at radius 3 is 2.68 bits per heavy atom. The molecule has 0 amide bonds. The molecule has 0 spiro atoms. The lowest BCUT2D eigenvalue weighted by Gasteiger charge is -2.06. The quantitative estimate of drug-likeness (QED) is 0.293. The third-order valence-electron chi connectivity index (χ3n) is 3.90. The van der Waals surface area contributed by atoms with Gasteiger partial charge in [0.05, 0.1) is 11.0 Å². The number of aromatic nitrogens is 2. The molecule has 0 aliphatic rings. The van der Waals surface area contributed by atoms with Gasteiger partial charge in [-0.15, -0.1) is 0 Å². The summed E-state index contributed by atoms with van der Waals surface area (Å²) in [6.45, 7) is 0. The highest BCUT2D eigenvalue weighted by Gasteiger charge is 2.12. The van der Waals surface area contributed by atoms with Crippen LogP contribution >= 0.6 is 0 Å². The predicted octanol–water partition coefficient (Wildman–Crippen LogP) is 4.23. The van der Waals surface area contributed by atoms with Gasteiger partial charge in [0.15, 0.2) is 0 Å². The third-order valence-corrected chi connectivity index (χ3v) is 3.90. The number of fused-ring (bicyclic) bond motifs is 2. The average molecular weight is 242 g/mol. The zero-order chi connectivity index (χ0) is 12.4. The summed E-state index contributed by atoms with van der Waals surface area (Å²) in [5, 5.41) is 3.70. The van der Waals surface area contributed by atoms with Crippen molar-refractivity contribution < 1.29 is 0 Å². The number of nitrogens with zero attached hydrogens (tertiary/aromatic N) is 2. The van der Waals surface area contributed by atoms with Gasteiger partial charge in [0.1, 0.15) is 5.65 Å². The summed E-state index contributed by atoms with van der Waals surface area (Å²) < 4.78 is 2.27. The summed E-state index contributed by atoms with van der Waals surface area (Å²) in [5.41, 5.74) is 4.55. The van der Waals surface area contributed by atoms with Crippen molar-refractivity contribution in [1.82, 2.24) is 9.38 Å². The van der Waals surface area contributed by atoms with Gasteiger partial charge in [0.25, 0.3) is 0 Å². The highest BCUT2D eigenvalue weighted by molar-refractivity contribution is 6.06. The molecular formula is C17H10N2. The summed E-state index contributed by atoms with van der Waals surface area (Å²) in [5.74, 6) is 0. The Balaban J connectivity index is 2.26. The molecule has 0 saturated heterocycles. The molecule has 5 rings (SSSR count). The molecule has 0 N–H and O–H groups in total. The van der Waals surface area contributed by atoms with E-state index in [0.717, 1.165) is 11.2 Å². The first kappa shape index (κ1) is 9.34. The van der Waals surface area contributed by atoms with Crippen LogP contribution in [0.4, 0.5) is 0 Å². The van der Waals surface area contributed by atoms with Crippen LogP contribution in [0, 0.1) is 0 Å². The lowest BCUT2D eigenvalue weighted by molar-refractivity contribution is 1.31. The van der Waals surface area contributed by atoms with Crippen molar-refractivity contribution in [3.05, 3.63) is 60.7 Å². The lowest BCUT2D eigenvalue weighted by Crippen LogP contribution is -1.90. The molecule has 2 nitrogen and oxygen atoms in total. The van der Waals surface area contributed by atoms with Crippen LogP contribution in [0.2, 0.25) is 0 Å². The Bertz CT molecular complexity index is 1060. The van der Waals surface area contributed by atoms with Crippen LogP contribution in [-0.4, -0.2) is 9.38 Å². The molecule has 19 heavy (non-hydrogen) atoms. The molecular weight excluding hydrogens is 232 g/mol. The van der Waals surface area contributed by atoms with Gasteiger partial charge in [-0.2, -0.15) is 0 Å². The number of benzene rings is 2. The van der Waals surface area contributed by atoms with Crippen LogP contribution in [0.25, 0.3) is 38.4 Å². The molecule has 0 fully saturated rings. The topological polar surface area (TPSA) is 17.3 Å². The monoisotopic (exact) mass is 242 g/mol. The van der Waals surface area contributed by atoms with Crippen molar-refractivity contribution in [2.45, 2.75) is 0 Å². The fraction of sp³-hybridized carbons (Fsp3) is 0. The minimum atomic E-state index is 1.06. The number of hydrogen-bond acceptors (Lipinski definition) is 1. The molecule has 0 saturated carbocycles. The fourth-order valence-electron chi connectivity index (χ4n) is 3.07. The van der Waals surface area contributed by atoms with Gasteiger partial charge in [-0.3, -0.25) is 4.40 Å². The van der Waals surface area contributed by atoms with Crippen molar-refractivity contribution in [3.63, 3.8) is 0 Å². The Morgan fingerprint density at radius 2 is 1.68 bits per heavy atom. The van der Waals surface area contributed by atoms with E-state index in [1.165, 1.54) is 27.2 Å². The van der Waals surface area contributed by atoms with Gasteiger partial charge >= 0.3 is 0 Å². The molecule has 0 bridgehead atoms. The second-order valence-corrected chi connectivity index (χ2v) is 4.98. The zero-order valence-electron chi connectivity index (χ0n) is 10.2. The Morgan fingerprint density at radius 1 is 0.789 bits per heavy atom. The van der Waals surface area contributed by atoms with Gasteiger partial charge in [-0.25, -0.2) is 4.98 Å². The van der Waals surface area contributed by atoms with E-state index in [-0.39, 0.29) is 0 Å². The third kappa shape index (κ3) is 1.04. The Kier molecular flexibility index (Phi) is 1.49. The van der Waals surface area contributed by atoms with Crippen molar-refractivity contribution in [1.29, 1.82) is 0 Å². The second-order valence-electron chi connectivity index (χ2n) is 4.98. The van der Waals surface area contributed by atoms with Crippen molar-refractivity contribution in [3.8, 4) is 0 Å². The van der Waals surface area contributed by atoms with E-state index in [2.05, 4.69) is 65.1 Å². The van der Waals surface area contributed by atoms with Crippen LogP contribution in [0.3, 0.4) is 0 Å². The first-order valence-corrected chi connectivity index (χ1v) is 6.43. The van der Waals surface area contributed by atoms with Crippen molar-refractivity contribution in [2.24, 2.45) is 0 Å². The predicted molar refractivity (Wildman–Crippen MR) is 78.9 cm³/mol. The molecule has 0 aliphatic carbocycles. The lowest BCUT2D eigenvalue weighted by atomic mass is 10.1. The minimum absolute atomic E-state index is 1.06. The first-order chi connectivity index (χ1) is 9.42. The van der Waals surface area contributed by atoms with E-state index in [4.69, 9.17) is 4.98 Å². The van der Waals surface area contributed by atoms with E-state index in [9.17, 15) is 0 Å². The van der Waals surface area contributed by atoms with Gasteiger partial charge < -0.3 is 0 Å². The van der Waals surface area contributed by atoms with Crippen LogP contribution in [0.1, 0.15) is 0 Å². The highest BCUT2D eigenvalue weighted by atomic mass is 15.0. The maximum absolute atomic E-state index is 4.83. The molecule has 2 aromatic carbocycles. The Hall–Kier alpha value is -2.61. The van der Waals surface area contributed by atoms with E-state index >= 15 is 0 Å². The van der Waals surface area contributed by atoms with Crippen LogP contribution < -0.4 is 0 Å². The van der Waals surface area contributed by atoms with Gasteiger partial charge in [-0.05, 0) is 23.6 Å². The minimum Gasteiger partial charge on any atom is -0.292 e. The van der Waals surface area contributed by atoms with E-state index < -0.39 is 0 Å². The molecule has 0 aliphatic heterocycles. The fourth-order valence-corrected chi connectivity index (χ4v) is 3.07. The van der Waals surface area contributed by atoms with E-state index in [1.807, 2.05) is 0 Å². The van der Waals surface area contributed by atoms with Crippen molar-refractivity contribution in [2.75, 3.05) is 0 Å². The van der Waals surface area contributed by atoms with E-state index in [0.29, 0.717) is 0 Å². The molecule has 0 atom stereocenters. The smallest absolute Gasteiger partial charge is 0.146 e. The number of para-hydroxylation sites is 1. The maximum Gasteiger partial charge on any atom is 0.146 e. The Labute approximate surface area is 109 Å². The summed E-state index contributed by atoms with van der Waals surface area (Å²) >= 11 is 0. The molecule has 3 aromatic heterocycles. The molecule has 88 valence electrons. The maximum atomic E-state index is 4.83. The van der Waals surface area contributed by atoms with Crippen molar-refractivity contribution >= 4 is 38.4 Å². The largest absolute Gasteiger partial charge is 0.292 e. The standard InChI is InChI=1S/C17H10N2/c1-2-6-14-12(4-1)10-13-9-8-11-5-3-7-15-16(11)19(13)17(14)18-15/h1-10H. The van der Waals surface area contributed by atoms with E-state index in [1.54, 1.807) is 0 Å². The summed E-state index contributed by atoms with van der Waals surface area (Å²) in [7, 11) is 0. The van der Waals surface area contributed by atoms with Crippen LogP contribution in [0.15, 0.2) is 60.7 Å². The second kappa shape index (κ2) is 3.04. The van der Waals surface area contributed by atoms with Crippen LogP contribution in [-0.2, 0) is 0 Å². The van der Waals surface area contributed by atoms with Crippen LogP contribution in [0.5, 0.6) is 0 Å². The summed E-state index contributed by atoms with van der Waals surface area (Å²) in [6.07, 6.45) is 0. The first-order valence-electron chi connectivity index (χ1n) is 6.43. The van der Waals surface area contributed by atoms with Gasteiger partial charge in [0, 0.05) is 16.3 Å². The molecule has 2 heteroatoms. The van der Waals surface area contributed by atoms with Gasteiger partial charge in [-0.1, -0.05) is 42.5 Å². The average Bonchev–Trinajstić information content (AvgIpc) is 2.85. The number of imidazole rings is 1. The SMILES string of the molecule is c1ccc2c(c1)cc1ccc3cccc4nc2n1c34. The number of hydrogen-bond donors (Lipinski definition) is 0. The summed E-state index contributed by atoms with van der Waals surface area (Å²) in [6, 6.07) is 21.3. The zero-order valence-corrected chi connectivity index (χ0v) is 10.2. The normalized spacial score (nSPS) is 12.2. The summed E-state index contributed by atoms with van der Waals surface area (Å²) in [4.78, 5) is 4.83. The highest BCUT2D eigenvalue weighted by Crippen LogP contribution is 2.30. The molecule has 0 radical (unpaired) electrons. The number of pyridine rings is 2. The van der Waals surface area contributed by atoms with Gasteiger partial charge in [0.2, 0.25) is 0 Å². The molecule has 0 unspecified atom stereocenters. The number of rotatable bonds is 0.